The van der Waals surface area contributed by atoms with Gasteiger partial charge in [-0.1, -0.05) is 24.6 Å². The van der Waals surface area contributed by atoms with Crippen molar-refractivity contribution in [1.82, 2.24) is 20.1 Å². The van der Waals surface area contributed by atoms with E-state index in [1.807, 2.05) is 42.2 Å². The summed E-state index contributed by atoms with van der Waals surface area (Å²) >= 11 is 0. The molecule has 1 saturated carbocycles. The number of rotatable bonds is 7. The summed E-state index contributed by atoms with van der Waals surface area (Å²) in [6.07, 6.45) is 4.24. The molecule has 0 unspecified atom stereocenters. The van der Waals surface area contributed by atoms with E-state index in [4.69, 9.17) is 15.0 Å². The number of nitriles is 1. The summed E-state index contributed by atoms with van der Waals surface area (Å²) in [5.74, 6) is 2.31. The van der Waals surface area contributed by atoms with Crippen LogP contribution in [0.5, 0.6) is 0 Å². The summed E-state index contributed by atoms with van der Waals surface area (Å²) in [5.41, 5.74) is 5.76. The monoisotopic (exact) mass is 455 g/mol. The zero-order valence-electron chi connectivity index (χ0n) is 19.7. The molecule has 2 aromatic carbocycles. The van der Waals surface area contributed by atoms with E-state index in [1.165, 1.54) is 30.4 Å². The van der Waals surface area contributed by atoms with Gasteiger partial charge in [0.2, 0.25) is 0 Å². The van der Waals surface area contributed by atoms with Crippen molar-refractivity contribution >= 4 is 5.91 Å². The third kappa shape index (κ3) is 4.22. The van der Waals surface area contributed by atoms with E-state index >= 15 is 0 Å². The lowest BCUT2D eigenvalue weighted by molar-refractivity contribution is 0.0601. The number of hydrogen-bond acceptors (Lipinski definition) is 5. The van der Waals surface area contributed by atoms with E-state index in [9.17, 15) is 4.79 Å². The number of H-pyrrole nitrogens is 1. The highest BCUT2D eigenvalue weighted by Crippen LogP contribution is 2.42. The minimum atomic E-state index is 0.0546. The minimum Gasteiger partial charge on any atom is -0.384 e. The Morgan fingerprint density at radius 2 is 1.97 bits per heavy atom. The Morgan fingerprint density at radius 1 is 1.21 bits per heavy atom. The summed E-state index contributed by atoms with van der Waals surface area (Å²) in [6, 6.07) is 14.0. The van der Waals surface area contributed by atoms with Crippen LogP contribution in [0.1, 0.15) is 69.5 Å². The standard InChI is InChI=1S/C27H29N5O2/c1-17-12-23(20-4-3-5-20)24(26-29-25(30-31-26)10-11-34-2)13-22(17)27(33)32-15-21(16-32)19-8-6-18(14-28)7-9-19/h6-9,12-13,20-21H,3-5,10-11,15-16H2,1-2H3,(H,29,30,31). The molecular weight excluding hydrogens is 426 g/mol. The topological polar surface area (TPSA) is 94.9 Å². The third-order valence-corrected chi connectivity index (χ3v) is 7.17. The average molecular weight is 456 g/mol. The molecule has 7 heteroatoms. The van der Waals surface area contributed by atoms with Crippen molar-refractivity contribution in [2.75, 3.05) is 26.8 Å². The van der Waals surface area contributed by atoms with Crippen LogP contribution in [0.25, 0.3) is 11.4 Å². The number of carbonyl (C=O) groups excluding carboxylic acids is 1. The summed E-state index contributed by atoms with van der Waals surface area (Å²) in [5, 5.41) is 16.5. The second-order valence-electron chi connectivity index (χ2n) is 9.37. The van der Waals surface area contributed by atoms with E-state index in [0.717, 1.165) is 22.5 Å². The summed E-state index contributed by atoms with van der Waals surface area (Å²) in [6.45, 7) is 3.98. The van der Waals surface area contributed by atoms with Crippen LogP contribution in [-0.2, 0) is 11.2 Å². The fraction of sp³-hybridized carbons (Fsp3) is 0.407. The molecule has 1 aromatic heterocycles. The van der Waals surface area contributed by atoms with E-state index in [1.54, 1.807) is 7.11 Å². The number of aromatic amines is 1. The predicted molar refractivity (Wildman–Crippen MR) is 129 cm³/mol. The Hall–Kier alpha value is -3.50. The zero-order valence-corrected chi connectivity index (χ0v) is 19.7. The van der Waals surface area contributed by atoms with Gasteiger partial charge in [-0.25, -0.2) is 4.98 Å². The molecule has 0 atom stereocenters. The molecule has 0 spiro atoms. The first-order chi connectivity index (χ1) is 16.6. The molecule has 7 nitrogen and oxygen atoms in total. The third-order valence-electron chi connectivity index (χ3n) is 7.17. The fourth-order valence-corrected chi connectivity index (χ4v) is 4.79. The SMILES string of the molecule is COCCc1nc(-c2cc(C(=O)N3CC(c4ccc(C#N)cc4)C3)c(C)cc2C2CCC2)n[nH]1. The Balaban J connectivity index is 1.38. The van der Waals surface area contributed by atoms with Gasteiger partial charge in [0.15, 0.2) is 5.82 Å². The number of hydrogen-bond donors (Lipinski definition) is 1. The Labute approximate surface area is 199 Å². The minimum absolute atomic E-state index is 0.0546. The average Bonchev–Trinajstić information content (AvgIpc) is 3.25. The first-order valence-corrected chi connectivity index (χ1v) is 11.9. The van der Waals surface area contributed by atoms with Gasteiger partial charge in [0, 0.05) is 43.7 Å². The number of amides is 1. The maximum absolute atomic E-state index is 13.4. The number of ether oxygens (including phenoxy) is 1. The van der Waals surface area contributed by atoms with Gasteiger partial charge in [-0.05, 0) is 60.6 Å². The van der Waals surface area contributed by atoms with Crippen LogP contribution in [0.2, 0.25) is 0 Å². The molecule has 0 radical (unpaired) electrons. The van der Waals surface area contributed by atoms with E-state index in [0.29, 0.717) is 49.3 Å². The molecule has 3 aromatic rings. The first-order valence-electron chi connectivity index (χ1n) is 11.9. The molecule has 0 bridgehead atoms. The Bertz CT molecular complexity index is 1230. The van der Waals surface area contributed by atoms with Crippen LogP contribution in [0.4, 0.5) is 0 Å². The van der Waals surface area contributed by atoms with Crippen molar-refractivity contribution < 1.29 is 9.53 Å². The maximum Gasteiger partial charge on any atom is 0.254 e. The van der Waals surface area contributed by atoms with Crippen LogP contribution >= 0.6 is 0 Å². The smallest absolute Gasteiger partial charge is 0.254 e. The highest BCUT2D eigenvalue weighted by molar-refractivity contribution is 5.97. The van der Waals surface area contributed by atoms with Gasteiger partial charge in [-0.3, -0.25) is 9.89 Å². The normalized spacial score (nSPS) is 16.1. The van der Waals surface area contributed by atoms with Crippen LogP contribution in [0.3, 0.4) is 0 Å². The van der Waals surface area contributed by atoms with Crippen molar-refractivity contribution in [3.8, 4) is 17.5 Å². The predicted octanol–water partition coefficient (Wildman–Crippen LogP) is 4.35. The lowest BCUT2D eigenvalue weighted by Gasteiger charge is -2.40. The van der Waals surface area contributed by atoms with E-state index in [2.05, 4.69) is 22.3 Å². The summed E-state index contributed by atoms with van der Waals surface area (Å²) < 4.78 is 5.16. The maximum atomic E-state index is 13.4. The first kappa shape index (κ1) is 22.3. The molecule has 1 saturated heterocycles. The number of benzene rings is 2. The van der Waals surface area contributed by atoms with Gasteiger partial charge in [0.1, 0.15) is 5.82 Å². The fourth-order valence-electron chi connectivity index (χ4n) is 4.79. The van der Waals surface area contributed by atoms with Gasteiger partial charge >= 0.3 is 0 Å². The van der Waals surface area contributed by atoms with E-state index < -0.39 is 0 Å². The summed E-state index contributed by atoms with van der Waals surface area (Å²) in [4.78, 5) is 20.0. The van der Waals surface area contributed by atoms with Gasteiger partial charge in [-0.15, -0.1) is 0 Å². The van der Waals surface area contributed by atoms with Crippen molar-refractivity contribution in [1.29, 1.82) is 5.26 Å². The van der Waals surface area contributed by atoms with Crippen molar-refractivity contribution in [2.24, 2.45) is 0 Å². The molecule has 5 rings (SSSR count). The lowest BCUT2D eigenvalue weighted by atomic mass is 9.77. The number of aromatic nitrogens is 3. The molecule has 2 aliphatic rings. The second kappa shape index (κ2) is 9.40. The number of likely N-dealkylation sites (tertiary alicyclic amines) is 1. The molecule has 2 heterocycles. The molecular formula is C27H29N5O2. The number of nitrogens with one attached hydrogen (secondary N) is 1. The van der Waals surface area contributed by atoms with Gasteiger partial charge in [0.05, 0.1) is 18.2 Å². The highest BCUT2D eigenvalue weighted by Gasteiger charge is 2.34. The summed E-state index contributed by atoms with van der Waals surface area (Å²) in [7, 11) is 1.67. The van der Waals surface area contributed by atoms with Crippen molar-refractivity contribution in [2.45, 2.75) is 44.4 Å². The quantitative estimate of drug-likeness (QED) is 0.572. The number of aryl methyl sites for hydroxylation is 1. The lowest BCUT2D eigenvalue weighted by Crippen LogP contribution is -2.48. The van der Waals surface area contributed by atoms with Crippen molar-refractivity contribution in [3.05, 3.63) is 70.0 Å². The number of nitrogens with zero attached hydrogens (tertiary/aromatic N) is 4. The van der Waals surface area contributed by atoms with Gasteiger partial charge in [-0.2, -0.15) is 10.4 Å². The Morgan fingerprint density at radius 3 is 2.62 bits per heavy atom. The van der Waals surface area contributed by atoms with E-state index in [-0.39, 0.29) is 5.91 Å². The second-order valence-corrected chi connectivity index (χ2v) is 9.37. The van der Waals surface area contributed by atoms with Crippen LogP contribution in [0.15, 0.2) is 36.4 Å². The number of carbonyl (C=O) groups is 1. The van der Waals surface area contributed by atoms with Gasteiger partial charge in [0.25, 0.3) is 5.91 Å². The molecule has 2 fully saturated rings. The van der Waals surface area contributed by atoms with Crippen molar-refractivity contribution in [3.63, 3.8) is 0 Å². The molecule has 1 amide bonds. The van der Waals surface area contributed by atoms with Gasteiger partial charge < -0.3 is 9.64 Å². The zero-order chi connectivity index (χ0) is 23.7. The Kier molecular flexibility index (Phi) is 6.16. The van der Waals surface area contributed by atoms with Crippen LogP contribution in [-0.4, -0.2) is 52.8 Å². The highest BCUT2D eigenvalue weighted by atomic mass is 16.5. The largest absolute Gasteiger partial charge is 0.384 e. The van der Waals surface area contributed by atoms with Crippen LogP contribution < -0.4 is 0 Å². The molecule has 1 aliphatic carbocycles. The molecule has 34 heavy (non-hydrogen) atoms. The molecule has 1 aliphatic heterocycles. The molecule has 1 N–H and O–H groups in total. The van der Waals surface area contributed by atoms with Crippen LogP contribution in [0, 0.1) is 18.3 Å². The number of methoxy groups -OCH3 is 1. The molecule has 174 valence electrons.